The Morgan fingerprint density at radius 2 is 1.57 bits per heavy atom. The van der Waals surface area contributed by atoms with Crippen molar-refractivity contribution in [2.45, 2.75) is 25.7 Å². The molecule has 2 aliphatic rings. The van der Waals surface area contributed by atoms with E-state index in [1.54, 1.807) is 0 Å². The number of rotatable bonds is 5. The molecule has 2 aromatic carbocycles. The maximum atomic E-state index is 12.9. The quantitative estimate of drug-likeness (QED) is 0.865. The number of benzene rings is 2. The van der Waals surface area contributed by atoms with Gasteiger partial charge in [0.05, 0.1) is 0 Å². The maximum Gasteiger partial charge on any atom is 0.253 e. The van der Waals surface area contributed by atoms with Gasteiger partial charge in [0.15, 0.2) is 0 Å². The summed E-state index contributed by atoms with van der Waals surface area (Å²) < 4.78 is 0. The maximum absolute atomic E-state index is 12.9. The van der Waals surface area contributed by atoms with Crippen LogP contribution >= 0.6 is 0 Å². The van der Waals surface area contributed by atoms with Crippen LogP contribution in [0.2, 0.25) is 0 Å². The normalized spacial score (nSPS) is 18.3. The molecule has 0 unspecified atom stereocenters. The zero-order valence-corrected chi connectivity index (χ0v) is 16.6. The third-order valence-corrected chi connectivity index (χ3v) is 6.19. The molecule has 0 bridgehead atoms. The fraction of sp³-hybridized carbons (Fsp3) is 0.458. The number of aryl methyl sites for hydroxylation is 1. The Morgan fingerprint density at radius 3 is 2.25 bits per heavy atom. The van der Waals surface area contributed by atoms with Crippen LogP contribution in [0.3, 0.4) is 0 Å². The van der Waals surface area contributed by atoms with E-state index in [1.165, 1.54) is 30.5 Å². The minimum atomic E-state index is 0.164. The van der Waals surface area contributed by atoms with E-state index in [9.17, 15) is 4.79 Å². The lowest BCUT2D eigenvalue weighted by molar-refractivity contribution is 0.0747. The van der Waals surface area contributed by atoms with Gasteiger partial charge >= 0.3 is 0 Å². The zero-order valence-electron chi connectivity index (χ0n) is 16.6. The van der Waals surface area contributed by atoms with E-state index in [1.807, 2.05) is 23.1 Å². The average molecular weight is 378 g/mol. The zero-order chi connectivity index (χ0) is 19.2. The highest BCUT2D eigenvalue weighted by Crippen LogP contribution is 2.20. The van der Waals surface area contributed by atoms with Gasteiger partial charge in [-0.15, -0.1) is 0 Å². The number of hydrogen-bond donors (Lipinski definition) is 1. The molecule has 4 nitrogen and oxygen atoms in total. The van der Waals surface area contributed by atoms with E-state index < -0.39 is 0 Å². The van der Waals surface area contributed by atoms with Crippen LogP contribution in [-0.4, -0.2) is 50.1 Å². The third-order valence-electron chi connectivity index (χ3n) is 6.19. The van der Waals surface area contributed by atoms with Gasteiger partial charge in [0, 0.05) is 37.4 Å². The molecule has 148 valence electrons. The van der Waals surface area contributed by atoms with Crippen LogP contribution in [0.4, 0.5) is 5.69 Å². The van der Waals surface area contributed by atoms with Crippen molar-refractivity contribution in [1.29, 1.82) is 0 Å². The van der Waals surface area contributed by atoms with Crippen molar-refractivity contribution in [2.24, 2.45) is 5.92 Å². The van der Waals surface area contributed by atoms with Crippen molar-refractivity contribution in [3.05, 3.63) is 65.7 Å². The number of nitrogens with zero attached hydrogens (tertiary/aromatic N) is 2. The predicted octanol–water partition coefficient (Wildman–Crippen LogP) is 3.58. The molecule has 0 aliphatic carbocycles. The van der Waals surface area contributed by atoms with Crippen LogP contribution in [0.5, 0.6) is 0 Å². The molecular formula is C24H31N3O. The molecule has 4 rings (SSSR count). The van der Waals surface area contributed by atoms with Gasteiger partial charge < -0.3 is 15.1 Å². The van der Waals surface area contributed by atoms with Crippen LogP contribution in [0, 0.1) is 5.92 Å². The molecule has 0 aromatic heterocycles. The lowest BCUT2D eigenvalue weighted by atomic mass is 9.91. The number of para-hydroxylation sites is 1. The Morgan fingerprint density at radius 1 is 0.893 bits per heavy atom. The van der Waals surface area contributed by atoms with Gasteiger partial charge in [-0.05, 0) is 74.5 Å². The summed E-state index contributed by atoms with van der Waals surface area (Å²) >= 11 is 0. The SMILES string of the molecule is O=C(c1ccc(CCC2CCNCC2)cc1)N1CCN(c2ccccc2)CC1. The highest BCUT2D eigenvalue weighted by molar-refractivity contribution is 5.94. The second-order valence-corrected chi connectivity index (χ2v) is 8.04. The number of piperazine rings is 1. The third kappa shape index (κ3) is 4.74. The Kier molecular flexibility index (Phi) is 6.27. The first-order valence-electron chi connectivity index (χ1n) is 10.7. The van der Waals surface area contributed by atoms with Gasteiger partial charge in [0.1, 0.15) is 0 Å². The first-order chi connectivity index (χ1) is 13.8. The van der Waals surface area contributed by atoms with Gasteiger partial charge in [0.25, 0.3) is 5.91 Å². The highest BCUT2D eigenvalue weighted by Gasteiger charge is 2.22. The molecule has 0 spiro atoms. The predicted molar refractivity (Wildman–Crippen MR) is 115 cm³/mol. The van der Waals surface area contributed by atoms with Crippen LogP contribution in [0.15, 0.2) is 54.6 Å². The van der Waals surface area contributed by atoms with E-state index in [-0.39, 0.29) is 5.91 Å². The first-order valence-corrected chi connectivity index (χ1v) is 10.7. The number of piperidine rings is 1. The fourth-order valence-electron chi connectivity index (χ4n) is 4.34. The number of nitrogens with one attached hydrogen (secondary N) is 1. The number of carbonyl (C=O) groups excluding carboxylic acids is 1. The second-order valence-electron chi connectivity index (χ2n) is 8.04. The fourth-order valence-corrected chi connectivity index (χ4v) is 4.34. The number of amides is 1. The van der Waals surface area contributed by atoms with Crippen molar-refractivity contribution in [3.63, 3.8) is 0 Å². The molecule has 2 aromatic rings. The van der Waals surface area contributed by atoms with Crippen molar-refractivity contribution in [2.75, 3.05) is 44.2 Å². The van der Waals surface area contributed by atoms with Crippen molar-refractivity contribution in [3.8, 4) is 0 Å². The Labute approximate surface area is 168 Å². The molecular weight excluding hydrogens is 346 g/mol. The summed E-state index contributed by atoms with van der Waals surface area (Å²) in [6, 6.07) is 18.8. The minimum Gasteiger partial charge on any atom is -0.368 e. The average Bonchev–Trinajstić information content (AvgIpc) is 2.79. The van der Waals surface area contributed by atoms with Crippen LogP contribution in [0.25, 0.3) is 0 Å². The Hall–Kier alpha value is -2.33. The summed E-state index contributed by atoms with van der Waals surface area (Å²) in [7, 11) is 0. The van der Waals surface area contributed by atoms with Gasteiger partial charge in [0.2, 0.25) is 0 Å². The number of carbonyl (C=O) groups is 1. The molecule has 2 saturated heterocycles. The Bertz CT molecular complexity index is 745. The number of hydrogen-bond acceptors (Lipinski definition) is 3. The molecule has 2 aliphatic heterocycles. The molecule has 1 amide bonds. The van der Waals surface area contributed by atoms with E-state index in [4.69, 9.17) is 0 Å². The summed E-state index contributed by atoms with van der Waals surface area (Å²) in [5.74, 6) is 1.01. The summed E-state index contributed by atoms with van der Waals surface area (Å²) in [6.45, 7) is 5.68. The van der Waals surface area contributed by atoms with Gasteiger partial charge in [-0.1, -0.05) is 30.3 Å². The van der Waals surface area contributed by atoms with Crippen LogP contribution in [-0.2, 0) is 6.42 Å². The monoisotopic (exact) mass is 377 g/mol. The molecule has 2 heterocycles. The van der Waals surface area contributed by atoms with Gasteiger partial charge in [-0.25, -0.2) is 0 Å². The van der Waals surface area contributed by atoms with E-state index in [0.29, 0.717) is 0 Å². The lowest BCUT2D eigenvalue weighted by Crippen LogP contribution is -2.48. The van der Waals surface area contributed by atoms with E-state index >= 15 is 0 Å². The molecule has 0 radical (unpaired) electrons. The summed E-state index contributed by atoms with van der Waals surface area (Å²) in [5, 5.41) is 3.43. The van der Waals surface area contributed by atoms with E-state index in [0.717, 1.165) is 57.2 Å². The van der Waals surface area contributed by atoms with Crippen molar-refractivity contribution in [1.82, 2.24) is 10.2 Å². The van der Waals surface area contributed by atoms with Crippen molar-refractivity contribution >= 4 is 11.6 Å². The second kappa shape index (κ2) is 9.24. The largest absolute Gasteiger partial charge is 0.368 e. The van der Waals surface area contributed by atoms with Gasteiger partial charge in [-0.3, -0.25) is 4.79 Å². The molecule has 0 atom stereocenters. The highest BCUT2D eigenvalue weighted by atomic mass is 16.2. The molecule has 4 heteroatoms. The van der Waals surface area contributed by atoms with Crippen molar-refractivity contribution < 1.29 is 4.79 Å². The lowest BCUT2D eigenvalue weighted by Gasteiger charge is -2.36. The van der Waals surface area contributed by atoms with Crippen LogP contribution < -0.4 is 10.2 Å². The summed E-state index contributed by atoms with van der Waals surface area (Å²) in [5.41, 5.74) is 3.41. The summed E-state index contributed by atoms with van der Waals surface area (Å²) in [6.07, 6.45) is 4.97. The molecule has 1 N–H and O–H groups in total. The first kappa shape index (κ1) is 19.0. The smallest absolute Gasteiger partial charge is 0.253 e. The topological polar surface area (TPSA) is 35.6 Å². The van der Waals surface area contributed by atoms with Gasteiger partial charge in [-0.2, -0.15) is 0 Å². The van der Waals surface area contributed by atoms with E-state index in [2.05, 4.69) is 46.6 Å². The minimum absolute atomic E-state index is 0.164. The standard InChI is InChI=1S/C24H31N3O/c28-24(27-18-16-26(17-19-27)23-4-2-1-3-5-23)22-10-8-20(9-11-22)6-7-21-12-14-25-15-13-21/h1-5,8-11,21,25H,6-7,12-19H2. The van der Waals surface area contributed by atoms with Crippen LogP contribution in [0.1, 0.15) is 35.2 Å². The molecule has 2 fully saturated rings. The number of anilines is 1. The summed E-state index contributed by atoms with van der Waals surface area (Å²) in [4.78, 5) is 17.2. The molecule has 28 heavy (non-hydrogen) atoms. The molecule has 0 saturated carbocycles. The Balaban J connectivity index is 1.28.